The van der Waals surface area contributed by atoms with Crippen LogP contribution < -0.4 is 9.64 Å². The number of phenolic OH excluding ortho intramolecular Hbond substituents is 1. The molecule has 36 heavy (non-hydrogen) atoms. The number of amides is 1. The van der Waals surface area contributed by atoms with Crippen molar-refractivity contribution in [1.82, 2.24) is 0 Å². The van der Waals surface area contributed by atoms with E-state index in [4.69, 9.17) is 21.1 Å². The molecule has 3 aromatic rings. The number of phenols is 1. The molecule has 1 unspecified atom stereocenters. The molecule has 1 atom stereocenters. The van der Waals surface area contributed by atoms with Crippen molar-refractivity contribution >= 4 is 40.7 Å². The average Bonchev–Trinajstić information content (AvgIpc) is 3.14. The number of aromatic hydroxyl groups is 1. The number of methoxy groups -OCH3 is 1. The summed E-state index contributed by atoms with van der Waals surface area (Å²) in [6, 6.07) is 15.5. The fourth-order valence-electron chi connectivity index (χ4n) is 4.04. The van der Waals surface area contributed by atoms with E-state index in [0.29, 0.717) is 11.3 Å². The Labute approximate surface area is 211 Å². The summed E-state index contributed by atoms with van der Waals surface area (Å²) in [5.74, 6) is -2.46. The zero-order chi connectivity index (χ0) is 26.0. The van der Waals surface area contributed by atoms with Gasteiger partial charge in [-0.3, -0.25) is 14.5 Å². The third-order valence-corrected chi connectivity index (χ3v) is 6.01. The van der Waals surface area contributed by atoms with E-state index in [-0.39, 0.29) is 39.8 Å². The Bertz CT molecular complexity index is 1380. The van der Waals surface area contributed by atoms with Gasteiger partial charge in [0.1, 0.15) is 17.3 Å². The van der Waals surface area contributed by atoms with Crippen LogP contribution in [0.4, 0.5) is 5.69 Å². The maximum Gasteiger partial charge on any atom is 0.338 e. The van der Waals surface area contributed by atoms with Crippen LogP contribution in [0.15, 0.2) is 72.3 Å². The first kappa shape index (κ1) is 24.8. The molecule has 1 heterocycles. The first-order valence-corrected chi connectivity index (χ1v) is 11.4. The fraction of sp³-hybridized carbons (Fsp3) is 0.148. The fourth-order valence-corrected chi connectivity index (χ4v) is 4.29. The number of hydrogen-bond acceptors (Lipinski definition) is 7. The lowest BCUT2D eigenvalue weighted by Gasteiger charge is -2.26. The molecule has 9 heteroatoms. The average molecular weight is 508 g/mol. The molecule has 0 radical (unpaired) electrons. The minimum atomic E-state index is -1.05. The molecular weight excluding hydrogens is 486 g/mol. The number of rotatable bonds is 6. The van der Waals surface area contributed by atoms with Gasteiger partial charge in [-0.2, -0.15) is 0 Å². The highest BCUT2D eigenvalue weighted by atomic mass is 35.5. The van der Waals surface area contributed by atoms with E-state index in [0.717, 1.165) is 0 Å². The number of nitrogens with zero attached hydrogens (tertiary/aromatic N) is 1. The maximum atomic E-state index is 13.3. The zero-order valence-corrected chi connectivity index (χ0v) is 20.2. The normalized spacial score (nSPS) is 16.8. The first-order chi connectivity index (χ1) is 17.3. The van der Waals surface area contributed by atoms with Gasteiger partial charge in [0.05, 0.1) is 35.9 Å². The van der Waals surface area contributed by atoms with E-state index in [1.807, 2.05) is 0 Å². The van der Waals surface area contributed by atoms with Crippen molar-refractivity contribution in [3.8, 4) is 11.5 Å². The Kier molecular flexibility index (Phi) is 6.98. The zero-order valence-electron chi connectivity index (χ0n) is 19.4. The minimum absolute atomic E-state index is 0.0121. The number of aliphatic hydroxyl groups excluding tert-OH is 1. The number of hydrogen-bond donors (Lipinski definition) is 2. The van der Waals surface area contributed by atoms with Crippen molar-refractivity contribution in [3.05, 3.63) is 94.0 Å². The summed E-state index contributed by atoms with van der Waals surface area (Å²) in [5, 5.41) is 21.2. The minimum Gasteiger partial charge on any atom is -0.508 e. The van der Waals surface area contributed by atoms with Gasteiger partial charge in [-0.05, 0) is 61.0 Å². The Hall–Kier alpha value is -4.30. The number of ether oxygens (including phenoxy) is 2. The van der Waals surface area contributed by atoms with Crippen LogP contribution in [0.25, 0.3) is 5.76 Å². The highest BCUT2D eigenvalue weighted by Gasteiger charge is 2.47. The van der Waals surface area contributed by atoms with Crippen LogP contribution >= 0.6 is 11.6 Å². The predicted octanol–water partition coefficient (Wildman–Crippen LogP) is 4.86. The van der Waals surface area contributed by atoms with Gasteiger partial charge in [-0.15, -0.1) is 0 Å². The smallest absolute Gasteiger partial charge is 0.338 e. The highest BCUT2D eigenvalue weighted by Crippen LogP contribution is 2.43. The summed E-state index contributed by atoms with van der Waals surface area (Å²) in [6.45, 7) is 1.85. The van der Waals surface area contributed by atoms with Crippen LogP contribution in [-0.2, 0) is 14.3 Å². The molecule has 1 aliphatic heterocycles. The molecule has 0 aliphatic carbocycles. The van der Waals surface area contributed by atoms with E-state index >= 15 is 0 Å². The second-order valence-corrected chi connectivity index (χ2v) is 8.29. The van der Waals surface area contributed by atoms with Crippen LogP contribution in [0.1, 0.15) is 34.5 Å². The summed E-state index contributed by atoms with van der Waals surface area (Å²) in [4.78, 5) is 40.1. The van der Waals surface area contributed by atoms with E-state index < -0.39 is 29.5 Å². The van der Waals surface area contributed by atoms with Crippen molar-refractivity contribution in [3.63, 3.8) is 0 Å². The van der Waals surface area contributed by atoms with Crippen LogP contribution in [0.2, 0.25) is 5.02 Å². The third kappa shape index (κ3) is 4.50. The van der Waals surface area contributed by atoms with Crippen LogP contribution in [-0.4, -0.2) is 41.6 Å². The number of aliphatic hydroxyl groups is 1. The summed E-state index contributed by atoms with van der Waals surface area (Å²) in [5.41, 5.74) is 0.946. The second kappa shape index (κ2) is 10.1. The lowest BCUT2D eigenvalue weighted by Crippen LogP contribution is -2.29. The molecule has 1 fully saturated rings. The maximum absolute atomic E-state index is 13.3. The third-order valence-electron chi connectivity index (χ3n) is 5.71. The van der Waals surface area contributed by atoms with Crippen molar-refractivity contribution in [2.24, 2.45) is 0 Å². The van der Waals surface area contributed by atoms with Gasteiger partial charge in [0.25, 0.3) is 11.7 Å². The van der Waals surface area contributed by atoms with E-state index in [1.54, 1.807) is 31.2 Å². The van der Waals surface area contributed by atoms with Gasteiger partial charge in [0.2, 0.25) is 0 Å². The number of carbonyl (C=O) groups is 3. The number of ketones is 1. The number of halogens is 1. The number of esters is 1. The Balaban J connectivity index is 1.91. The molecule has 1 amide bonds. The number of anilines is 1. The summed E-state index contributed by atoms with van der Waals surface area (Å²) >= 11 is 6.22. The van der Waals surface area contributed by atoms with Crippen molar-refractivity contribution < 1.29 is 34.1 Å². The topological polar surface area (TPSA) is 113 Å². The van der Waals surface area contributed by atoms with Crippen molar-refractivity contribution in [1.29, 1.82) is 0 Å². The Morgan fingerprint density at radius 3 is 2.39 bits per heavy atom. The number of Topliss-reactive ketones (excluding diaryl/α,β-unsaturated/α-hetero) is 1. The summed E-state index contributed by atoms with van der Waals surface area (Å²) in [7, 11) is 1.45. The monoisotopic (exact) mass is 507 g/mol. The Morgan fingerprint density at radius 2 is 1.75 bits per heavy atom. The molecule has 0 bridgehead atoms. The van der Waals surface area contributed by atoms with E-state index in [2.05, 4.69) is 0 Å². The molecule has 8 nitrogen and oxygen atoms in total. The molecule has 0 spiro atoms. The molecule has 0 aromatic heterocycles. The molecule has 1 aliphatic rings. The van der Waals surface area contributed by atoms with Gasteiger partial charge < -0.3 is 19.7 Å². The van der Waals surface area contributed by atoms with Gasteiger partial charge in [-0.1, -0.05) is 29.8 Å². The summed E-state index contributed by atoms with van der Waals surface area (Å²) in [6.07, 6.45) is 0. The molecular formula is C27H22ClNO7. The standard InChI is InChI=1S/C27H22ClNO7/c1-3-36-27(34)17-5-4-6-18(13-17)29-23(15-7-10-19(30)11-8-15)22(25(32)26(29)33)24(31)16-9-12-21(35-2)20(28)14-16/h4-14,23,30-31H,3H2,1-2H3/b24-22+. The lowest BCUT2D eigenvalue weighted by molar-refractivity contribution is -0.132. The van der Waals surface area contributed by atoms with Gasteiger partial charge in [-0.25, -0.2) is 4.79 Å². The summed E-state index contributed by atoms with van der Waals surface area (Å²) < 4.78 is 10.2. The van der Waals surface area contributed by atoms with Gasteiger partial charge in [0.15, 0.2) is 0 Å². The molecule has 2 N–H and O–H groups in total. The van der Waals surface area contributed by atoms with E-state index in [1.165, 1.54) is 54.5 Å². The SMILES string of the molecule is CCOC(=O)c1cccc(N2C(=O)C(=O)/C(=C(/O)c3ccc(OC)c(Cl)c3)C2c2ccc(O)cc2)c1. The van der Waals surface area contributed by atoms with Crippen molar-refractivity contribution in [2.45, 2.75) is 13.0 Å². The van der Waals surface area contributed by atoms with Crippen LogP contribution in [0.5, 0.6) is 11.5 Å². The predicted molar refractivity (Wildman–Crippen MR) is 133 cm³/mol. The molecule has 0 saturated carbocycles. The molecule has 1 saturated heterocycles. The quantitative estimate of drug-likeness (QED) is 0.212. The van der Waals surface area contributed by atoms with Crippen LogP contribution in [0.3, 0.4) is 0 Å². The van der Waals surface area contributed by atoms with Gasteiger partial charge >= 0.3 is 5.97 Å². The Morgan fingerprint density at radius 1 is 1.03 bits per heavy atom. The molecule has 3 aromatic carbocycles. The highest BCUT2D eigenvalue weighted by molar-refractivity contribution is 6.51. The number of benzene rings is 3. The van der Waals surface area contributed by atoms with E-state index in [9.17, 15) is 24.6 Å². The largest absolute Gasteiger partial charge is 0.508 e. The molecule has 184 valence electrons. The first-order valence-electron chi connectivity index (χ1n) is 11.0. The molecule has 4 rings (SSSR count). The lowest BCUT2D eigenvalue weighted by atomic mass is 9.95. The van der Waals surface area contributed by atoms with Gasteiger partial charge in [0, 0.05) is 11.3 Å². The van der Waals surface area contributed by atoms with Crippen molar-refractivity contribution in [2.75, 3.05) is 18.6 Å². The second-order valence-electron chi connectivity index (χ2n) is 7.88. The number of carbonyl (C=O) groups excluding carboxylic acids is 3. The van der Waals surface area contributed by atoms with Crippen LogP contribution in [0, 0.1) is 0 Å².